The van der Waals surface area contributed by atoms with Crippen LogP contribution in [0.25, 0.3) is 6.08 Å². The second-order valence-electron chi connectivity index (χ2n) is 5.11. The predicted octanol–water partition coefficient (Wildman–Crippen LogP) is 4.01. The number of carbonyl (C=O) groups is 1. The molecule has 2 aromatic carbocycles. The molecule has 5 heteroatoms. The van der Waals surface area contributed by atoms with Crippen molar-refractivity contribution in [3.63, 3.8) is 0 Å². The lowest BCUT2D eigenvalue weighted by molar-refractivity contribution is 0.104. The van der Waals surface area contributed by atoms with Crippen molar-refractivity contribution in [2.24, 2.45) is 0 Å². The van der Waals surface area contributed by atoms with Crippen LogP contribution in [0.3, 0.4) is 0 Å². The Labute approximate surface area is 147 Å². The first-order valence-corrected chi connectivity index (χ1v) is 7.88. The molecule has 0 unspecified atom stereocenters. The number of methoxy groups -OCH3 is 3. The molecule has 2 aromatic rings. The van der Waals surface area contributed by atoms with E-state index in [2.05, 4.69) is 0 Å². The van der Waals surface area contributed by atoms with E-state index in [9.17, 15) is 4.79 Å². The molecule has 0 fully saturated rings. The van der Waals surface area contributed by atoms with Gasteiger partial charge in [0.05, 0.1) is 27.9 Å². The van der Waals surface area contributed by atoms with Crippen molar-refractivity contribution >= 4 is 11.9 Å². The molecule has 0 atom stereocenters. The fraction of sp³-hybridized carbons (Fsp3) is 0.250. The molecule has 5 nitrogen and oxygen atoms in total. The zero-order valence-corrected chi connectivity index (χ0v) is 14.9. The molecule has 0 spiro atoms. The third-order valence-electron chi connectivity index (χ3n) is 3.58. The molecule has 0 bridgehead atoms. The first kappa shape index (κ1) is 18.4. The minimum atomic E-state index is -0.131. The first-order valence-electron chi connectivity index (χ1n) is 7.88. The highest BCUT2D eigenvalue weighted by atomic mass is 16.5. The highest BCUT2D eigenvalue weighted by Gasteiger charge is 2.09. The largest absolute Gasteiger partial charge is 0.493 e. The summed E-state index contributed by atoms with van der Waals surface area (Å²) in [5, 5.41) is 0. The summed E-state index contributed by atoms with van der Waals surface area (Å²) in [6.45, 7) is 2.47. The molecule has 25 heavy (non-hydrogen) atoms. The number of carbonyl (C=O) groups excluding carboxylic acids is 1. The molecule has 0 aliphatic rings. The average molecular weight is 342 g/mol. The zero-order chi connectivity index (χ0) is 18.2. The van der Waals surface area contributed by atoms with Gasteiger partial charge in [0, 0.05) is 5.56 Å². The van der Waals surface area contributed by atoms with E-state index in [1.807, 2.05) is 25.1 Å². The minimum Gasteiger partial charge on any atom is -0.493 e. The van der Waals surface area contributed by atoms with Crippen molar-refractivity contribution < 1.29 is 23.7 Å². The van der Waals surface area contributed by atoms with Gasteiger partial charge in [-0.25, -0.2) is 0 Å². The number of hydrogen-bond donors (Lipinski definition) is 0. The first-order chi connectivity index (χ1) is 12.1. The molecular weight excluding hydrogens is 320 g/mol. The molecule has 2 rings (SSSR count). The van der Waals surface area contributed by atoms with Gasteiger partial charge in [0.1, 0.15) is 0 Å². The van der Waals surface area contributed by atoms with Crippen LogP contribution in [0.5, 0.6) is 23.0 Å². The van der Waals surface area contributed by atoms with E-state index in [-0.39, 0.29) is 5.78 Å². The Morgan fingerprint density at radius 2 is 1.52 bits per heavy atom. The normalized spacial score (nSPS) is 10.6. The predicted molar refractivity (Wildman–Crippen MR) is 97.1 cm³/mol. The fourth-order valence-electron chi connectivity index (χ4n) is 2.32. The second-order valence-corrected chi connectivity index (χ2v) is 5.11. The van der Waals surface area contributed by atoms with Gasteiger partial charge in [0.25, 0.3) is 0 Å². The summed E-state index contributed by atoms with van der Waals surface area (Å²) in [7, 11) is 4.67. The van der Waals surface area contributed by atoms with Gasteiger partial charge in [0.15, 0.2) is 28.8 Å². The summed E-state index contributed by atoms with van der Waals surface area (Å²) in [6.07, 6.45) is 3.24. The van der Waals surface area contributed by atoms with Crippen molar-refractivity contribution in [3.8, 4) is 23.0 Å². The number of allylic oxidation sites excluding steroid dienone is 1. The van der Waals surface area contributed by atoms with E-state index in [0.717, 1.165) is 5.56 Å². The van der Waals surface area contributed by atoms with Crippen LogP contribution in [0.15, 0.2) is 42.5 Å². The number of hydrogen-bond acceptors (Lipinski definition) is 5. The van der Waals surface area contributed by atoms with Crippen LogP contribution in [0.1, 0.15) is 22.8 Å². The van der Waals surface area contributed by atoms with Crippen LogP contribution in [0.4, 0.5) is 0 Å². The van der Waals surface area contributed by atoms with Crippen LogP contribution in [-0.2, 0) is 0 Å². The molecule has 0 radical (unpaired) electrons. The summed E-state index contributed by atoms with van der Waals surface area (Å²) in [5.74, 6) is 2.27. The van der Waals surface area contributed by atoms with Crippen LogP contribution in [0.2, 0.25) is 0 Å². The summed E-state index contributed by atoms with van der Waals surface area (Å²) in [5.41, 5.74) is 1.36. The summed E-state index contributed by atoms with van der Waals surface area (Å²) >= 11 is 0. The van der Waals surface area contributed by atoms with Crippen molar-refractivity contribution in [1.29, 1.82) is 0 Å². The molecule has 0 aromatic heterocycles. The van der Waals surface area contributed by atoms with E-state index < -0.39 is 0 Å². The maximum atomic E-state index is 12.4. The zero-order valence-electron chi connectivity index (χ0n) is 14.9. The minimum absolute atomic E-state index is 0.131. The number of ether oxygens (including phenoxy) is 4. The Balaban J connectivity index is 2.20. The third kappa shape index (κ3) is 4.53. The molecule has 132 valence electrons. The lowest BCUT2D eigenvalue weighted by Crippen LogP contribution is -1.97. The van der Waals surface area contributed by atoms with Crippen LogP contribution >= 0.6 is 0 Å². The highest BCUT2D eigenvalue weighted by Crippen LogP contribution is 2.29. The Kier molecular flexibility index (Phi) is 6.46. The van der Waals surface area contributed by atoms with Crippen LogP contribution < -0.4 is 18.9 Å². The standard InChI is InChI=1S/C20H22O5/c1-5-25-18-10-7-14(12-19(18)23-3)6-9-16(21)15-8-11-17(22-2)20(13-15)24-4/h6-13H,5H2,1-4H3/b9-6+. The number of ketones is 1. The topological polar surface area (TPSA) is 54.0 Å². The molecular formula is C20H22O5. The van der Waals surface area contributed by atoms with Gasteiger partial charge >= 0.3 is 0 Å². The van der Waals surface area contributed by atoms with E-state index in [1.54, 1.807) is 38.5 Å². The second kappa shape index (κ2) is 8.78. The lowest BCUT2D eigenvalue weighted by Gasteiger charge is -2.09. The van der Waals surface area contributed by atoms with Gasteiger partial charge in [-0.05, 0) is 48.9 Å². The Morgan fingerprint density at radius 3 is 2.16 bits per heavy atom. The maximum absolute atomic E-state index is 12.4. The smallest absolute Gasteiger partial charge is 0.185 e. The molecule has 0 aliphatic carbocycles. The molecule has 0 heterocycles. The van der Waals surface area contributed by atoms with E-state index in [4.69, 9.17) is 18.9 Å². The van der Waals surface area contributed by atoms with Crippen molar-refractivity contribution in [2.45, 2.75) is 6.92 Å². The van der Waals surface area contributed by atoms with Gasteiger partial charge in [0.2, 0.25) is 0 Å². The van der Waals surface area contributed by atoms with Crippen molar-refractivity contribution in [2.75, 3.05) is 27.9 Å². The monoisotopic (exact) mass is 342 g/mol. The van der Waals surface area contributed by atoms with Crippen molar-refractivity contribution in [3.05, 3.63) is 53.6 Å². The SMILES string of the molecule is CCOc1ccc(/C=C/C(=O)c2ccc(OC)c(OC)c2)cc1OC. The van der Waals surface area contributed by atoms with Gasteiger partial charge in [-0.2, -0.15) is 0 Å². The third-order valence-corrected chi connectivity index (χ3v) is 3.58. The van der Waals surface area contributed by atoms with Gasteiger partial charge < -0.3 is 18.9 Å². The molecule has 0 saturated carbocycles. The Bertz CT molecular complexity index is 765. The van der Waals surface area contributed by atoms with E-state index in [0.29, 0.717) is 35.2 Å². The molecule has 0 N–H and O–H groups in total. The average Bonchev–Trinajstić information content (AvgIpc) is 2.66. The van der Waals surface area contributed by atoms with Gasteiger partial charge in [-0.15, -0.1) is 0 Å². The van der Waals surface area contributed by atoms with Crippen LogP contribution in [-0.4, -0.2) is 33.7 Å². The number of benzene rings is 2. The molecule has 0 aliphatic heterocycles. The molecule has 0 amide bonds. The molecule has 0 saturated heterocycles. The van der Waals surface area contributed by atoms with Crippen molar-refractivity contribution in [1.82, 2.24) is 0 Å². The summed E-state index contributed by atoms with van der Waals surface area (Å²) in [6, 6.07) is 10.6. The number of rotatable bonds is 8. The fourth-order valence-corrected chi connectivity index (χ4v) is 2.32. The van der Waals surface area contributed by atoms with Gasteiger partial charge in [-0.3, -0.25) is 4.79 Å². The quantitative estimate of drug-likeness (QED) is 0.536. The van der Waals surface area contributed by atoms with E-state index in [1.165, 1.54) is 13.2 Å². The Morgan fingerprint density at radius 1 is 0.880 bits per heavy atom. The summed E-state index contributed by atoms with van der Waals surface area (Å²) in [4.78, 5) is 12.4. The summed E-state index contributed by atoms with van der Waals surface area (Å²) < 4.78 is 21.2. The lowest BCUT2D eigenvalue weighted by atomic mass is 10.1. The van der Waals surface area contributed by atoms with Crippen LogP contribution in [0, 0.1) is 0 Å². The highest BCUT2D eigenvalue weighted by molar-refractivity contribution is 6.07. The van der Waals surface area contributed by atoms with Gasteiger partial charge in [-0.1, -0.05) is 12.1 Å². The maximum Gasteiger partial charge on any atom is 0.185 e. The van der Waals surface area contributed by atoms with E-state index >= 15 is 0 Å². The Hall–Kier alpha value is -2.95.